The summed E-state index contributed by atoms with van der Waals surface area (Å²) in [5.74, 6) is -2.46. The van der Waals surface area contributed by atoms with Gasteiger partial charge in [-0.3, -0.25) is 14.4 Å². The number of hydrogen-bond donors (Lipinski definition) is 1. The van der Waals surface area contributed by atoms with Gasteiger partial charge in [-0.05, 0) is 64.9 Å². The summed E-state index contributed by atoms with van der Waals surface area (Å²) in [6.07, 6.45) is -0.287. The molecule has 2 fully saturated rings. The summed E-state index contributed by atoms with van der Waals surface area (Å²) < 4.78 is 16.1. The van der Waals surface area contributed by atoms with Gasteiger partial charge < -0.3 is 19.3 Å². The van der Waals surface area contributed by atoms with Crippen LogP contribution in [0.25, 0.3) is 0 Å². The zero-order chi connectivity index (χ0) is 24.6. The van der Waals surface area contributed by atoms with Gasteiger partial charge in [0.25, 0.3) is 0 Å². The van der Waals surface area contributed by atoms with Crippen LogP contribution >= 0.6 is 0 Å². The molecule has 2 rings (SSSR count). The Hall–Kier alpha value is -2.22. The van der Waals surface area contributed by atoms with Crippen LogP contribution in [0.4, 0.5) is 0 Å². The van der Waals surface area contributed by atoms with Crippen molar-refractivity contribution in [2.24, 2.45) is 11.3 Å². The van der Waals surface area contributed by atoms with Gasteiger partial charge >= 0.3 is 17.9 Å². The summed E-state index contributed by atoms with van der Waals surface area (Å²) in [5.41, 5.74) is -2.06. The van der Waals surface area contributed by atoms with E-state index in [1.807, 2.05) is 20.8 Å². The van der Waals surface area contributed by atoms with Crippen LogP contribution in [0.5, 0.6) is 0 Å². The second-order valence-corrected chi connectivity index (χ2v) is 10.1. The van der Waals surface area contributed by atoms with E-state index in [-0.39, 0.29) is 11.7 Å². The van der Waals surface area contributed by atoms with E-state index < -0.39 is 46.7 Å². The number of hydrogen-bond acceptors (Lipinski definition) is 8. The number of rotatable bonds is 5. The van der Waals surface area contributed by atoms with Crippen molar-refractivity contribution in [1.82, 2.24) is 0 Å². The number of ether oxygens (including phenoxy) is 3. The lowest BCUT2D eigenvalue weighted by atomic mass is 9.53. The molecule has 2 aliphatic carbocycles. The molecule has 0 heterocycles. The van der Waals surface area contributed by atoms with Crippen molar-refractivity contribution in [3.05, 3.63) is 11.1 Å². The van der Waals surface area contributed by atoms with Gasteiger partial charge in [-0.2, -0.15) is 0 Å². The average molecular weight is 453 g/mol. The molecule has 2 saturated carbocycles. The molecule has 0 amide bonds. The predicted octanol–water partition coefficient (Wildman–Crippen LogP) is 3.04. The molecule has 0 radical (unpaired) electrons. The zero-order valence-corrected chi connectivity index (χ0v) is 20.4. The largest absolute Gasteiger partial charge is 0.458 e. The van der Waals surface area contributed by atoms with Crippen LogP contribution in [0.15, 0.2) is 11.1 Å². The van der Waals surface area contributed by atoms with Gasteiger partial charge in [0.05, 0.1) is 0 Å². The maximum absolute atomic E-state index is 13.2. The molecule has 0 saturated heterocycles. The van der Waals surface area contributed by atoms with Gasteiger partial charge in [0, 0.05) is 26.2 Å². The van der Waals surface area contributed by atoms with Crippen molar-refractivity contribution in [3.63, 3.8) is 0 Å². The van der Waals surface area contributed by atoms with Crippen LogP contribution in [-0.2, 0) is 33.4 Å². The minimum Gasteiger partial charge on any atom is -0.458 e. The van der Waals surface area contributed by atoms with E-state index in [2.05, 4.69) is 0 Å². The molecule has 0 aliphatic heterocycles. The topological polar surface area (TPSA) is 116 Å². The van der Waals surface area contributed by atoms with Crippen molar-refractivity contribution >= 4 is 23.7 Å². The molecule has 6 unspecified atom stereocenters. The van der Waals surface area contributed by atoms with E-state index in [0.717, 1.165) is 12.5 Å². The Morgan fingerprint density at radius 2 is 1.72 bits per heavy atom. The Balaban J connectivity index is 2.33. The number of allylic oxidation sites excluding steroid dienone is 2. The summed E-state index contributed by atoms with van der Waals surface area (Å²) >= 11 is 0. The third kappa shape index (κ3) is 4.90. The molecule has 0 spiro atoms. The first-order valence-corrected chi connectivity index (χ1v) is 11.0. The van der Waals surface area contributed by atoms with Gasteiger partial charge in [0.2, 0.25) is 5.60 Å². The molecule has 8 heteroatoms. The van der Waals surface area contributed by atoms with Gasteiger partial charge in [0.15, 0.2) is 5.78 Å². The molecule has 0 aromatic rings. The van der Waals surface area contributed by atoms with Crippen molar-refractivity contribution in [1.29, 1.82) is 0 Å². The Morgan fingerprint density at radius 3 is 2.22 bits per heavy atom. The number of Topliss-reactive ketones (excluding diaryl/α,β-unsaturated/α-hetero) is 1. The third-order valence-corrected chi connectivity index (χ3v) is 7.22. The van der Waals surface area contributed by atoms with E-state index in [1.165, 1.54) is 20.8 Å². The Kier molecular flexibility index (Phi) is 7.29. The van der Waals surface area contributed by atoms with E-state index in [1.54, 1.807) is 6.92 Å². The summed E-state index contributed by atoms with van der Waals surface area (Å²) in [7, 11) is 0. The van der Waals surface area contributed by atoms with E-state index in [4.69, 9.17) is 14.2 Å². The number of carbonyl (C=O) groups excluding carboxylic acids is 4. The first kappa shape index (κ1) is 26.0. The highest BCUT2D eigenvalue weighted by Crippen LogP contribution is 2.55. The standard InChI is InChI=1S/C24H36O8/c1-13(2)17-11-19-22(6,12-18(17)27)10-9-20(23(19,7)29)31-21(28)24(8,32-16(5)26)14(3)30-15(4)25/h14,19-20,29H,9-12H2,1-8H3. The quantitative estimate of drug-likeness (QED) is 0.384. The highest BCUT2D eigenvalue weighted by molar-refractivity contribution is 5.97. The molecule has 180 valence electrons. The fourth-order valence-corrected chi connectivity index (χ4v) is 5.17. The highest BCUT2D eigenvalue weighted by Gasteiger charge is 2.58. The minimum absolute atomic E-state index is 0.104. The second-order valence-electron chi connectivity index (χ2n) is 10.1. The van der Waals surface area contributed by atoms with Crippen LogP contribution in [0.2, 0.25) is 0 Å². The minimum atomic E-state index is -1.87. The smallest absolute Gasteiger partial charge is 0.354 e. The number of fused-ring (bicyclic) bond motifs is 1. The normalized spacial score (nSPS) is 32.8. The second kappa shape index (κ2) is 8.96. The van der Waals surface area contributed by atoms with Crippen LogP contribution in [0.3, 0.4) is 0 Å². The molecular formula is C24H36O8. The predicted molar refractivity (Wildman–Crippen MR) is 115 cm³/mol. The highest BCUT2D eigenvalue weighted by atomic mass is 16.6. The average Bonchev–Trinajstić information content (AvgIpc) is 2.61. The number of carbonyl (C=O) groups is 4. The van der Waals surface area contributed by atoms with Crippen molar-refractivity contribution in [3.8, 4) is 0 Å². The number of ketones is 1. The molecule has 8 nitrogen and oxygen atoms in total. The van der Waals surface area contributed by atoms with Crippen LogP contribution < -0.4 is 0 Å². The lowest BCUT2D eigenvalue weighted by Crippen LogP contribution is -2.61. The van der Waals surface area contributed by atoms with Crippen LogP contribution in [-0.4, -0.2) is 52.2 Å². The maximum Gasteiger partial charge on any atom is 0.354 e. The van der Waals surface area contributed by atoms with Crippen molar-refractivity contribution < 1.29 is 38.5 Å². The molecule has 0 aromatic heterocycles. The Bertz CT molecular complexity index is 837. The molecule has 32 heavy (non-hydrogen) atoms. The summed E-state index contributed by atoms with van der Waals surface area (Å²) in [6, 6.07) is 0. The number of aliphatic hydroxyl groups is 1. The van der Waals surface area contributed by atoms with Gasteiger partial charge in [0.1, 0.15) is 17.8 Å². The number of esters is 3. The van der Waals surface area contributed by atoms with Gasteiger partial charge in [-0.15, -0.1) is 0 Å². The maximum atomic E-state index is 13.2. The molecule has 6 atom stereocenters. The fraction of sp³-hybridized carbons (Fsp3) is 0.750. The Morgan fingerprint density at radius 1 is 1.12 bits per heavy atom. The van der Waals surface area contributed by atoms with Gasteiger partial charge in [-0.1, -0.05) is 12.5 Å². The summed E-state index contributed by atoms with van der Waals surface area (Å²) in [5, 5.41) is 11.6. The molecule has 1 N–H and O–H groups in total. The first-order valence-electron chi connectivity index (χ1n) is 11.0. The van der Waals surface area contributed by atoms with Crippen molar-refractivity contribution in [2.75, 3.05) is 0 Å². The lowest BCUT2D eigenvalue weighted by molar-refractivity contribution is -0.223. The van der Waals surface area contributed by atoms with E-state index >= 15 is 0 Å². The Labute approximate surface area is 189 Å². The monoisotopic (exact) mass is 452 g/mol. The summed E-state index contributed by atoms with van der Waals surface area (Å²) in [6.45, 7) is 12.5. The van der Waals surface area contributed by atoms with Crippen molar-refractivity contribution in [2.45, 2.75) is 104 Å². The zero-order valence-electron chi connectivity index (χ0n) is 20.4. The van der Waals surface area contributed by atoms with E-state index in [0.29, 0.717) is 31.3 Å². The summed E-state index contributed by atoms with van der Waals surface area (Å²) in [4.78, 5) is 48.9. The molecule has 0 aromatic carbocycles. The fourth-order valence-electron chi connectivity index (χ4n) is 5.17. The van der Waals surface area contributed by atoms with E-state index in [9.17, 15) is 24.3 Å². The molecule has 0 bridgehead atoms. The van der Waals surface area contributed by atoms with Gasteiger partial charge in [-0.25, -0.2) is 4.79 Å². The molecule has 2 aliphatic rings. The van der Waals surface area contributed by atoms with Crippen LogP contribution in [0, 0.1) is 11.3 Å². The lowest BCUT2D eigenvalue weighted by Gasteiger charge is -2.55. The van der Waals surface area contributed by atoms with Crippen LogP contribution in [0.1, 0.15) is 81.1 Å². The molecular weight excluding hydrogens is 416 g/mol. The third-order valence-electron chi connectivity index (χ3n) is 7.22. The SMILES string of the molecule is CC(=O)OC(C)C(C)(OC(C)=O)C(=O)OC1CCC2(C)CC(=O)C(=C(C)C)CC2C1(C)O. The first-order chi connectivity index (χ1) is 14.5.